The van der Waals surface area contributed by atoms with Crippen LogP contribution in [-0.4, -0.2) is 44.1 Å². The largest absolute Gasteiger partial charge is 0.447 e. The fourth-order valence-corrected chi connectivity index (χ4v) is 2.38. The van der Waals surface area contributed by atoms with E-state index in [2.05, 4.69) is 32.1 Å². The quantitative estimate of drug-likeness (QED) is 0.788. The number of piperidine rings is 1. The molecule has 1 amide bonds. The minimum atomic E-state index is -0.206. The average Bonchev–Trinajstić information content (AvgIpc) is 2.46. The number of ether oxygens (including phenoxy) is 2. The van der Waals surface area contributed by atoms with E-state index in [1.54, 1.807) is 4.90 Å². The van der Waals surface area contributed by atoms with Crippen molar-refractivity contribution in [1.82, 2.24) is 4.90 Å². The van der Waals surface area contributed by atoms with Crippen molar-refractivity contribution in [2.24, 2.45) is 0 Å². The Hall–Kier alpha value is -1.49. The van der Waals surface area contributed by atoms with Gasteiger partial charge in [0.1, 0.15) is 7.85 Å². The predicted molar refractivity (Wildman–Crippen MR) is 85.6 cm³/mol. The molecule has 0 aromatic heterocycles. The first-order valence-electron chi connectivity index (χ1n) is 7.67. The zero-order valence-corrected chi connectivity index (χ0v) is 13.2. The summed E-state index contributed by atoms with van der Waals surface area (Å²) in [4.78, 5) is 13.6. The molecule has 114 valence electrons. The van der Waals surface area contributed by atoms with Crippen LogP contribution in [0.15, 0.2) is 24.3 Å². The van der Waals surface area contributed by atoms with E-state index in [0.717, 1.165) is 12.8 Å². The molecule has 1 aliphatic rings. The Kier molecular flexibility index (Phi) is 5.68. The number of nitrogens with zero attached hydrogens (tertiary/aromatic N) is 1. The number of amides is 1. The molecule has 5 heteroatoms. The van der Waals surface area contributed by atoms with E-state index in [0.29, 0.717) is 19.7 Å². The van der Waals surface area contributed by atoms with Gasteiger partial charge in [-0.3, -0.25) is 0 Å². The van der Waals surface area contributed by atoms with E-state index in [-0.39, 0.29) is 18.3 Å². The first kappa shape index (κ1) is 15.9. The van der Waals surface area contributed by atoms with Crippen molar-refractivity contribution in [3.63, 3.8) is 0 Å². The SMILES string of the molecule is Bc1ccc(COC2CCN(C(=O)OC(C)C)CC2)cc1. The summed E-state index contributed by atoms with van der Waals surface area (Å²) < 4.78 is 11.2. The lowest BCUT2D eigenvalue weighted by Gasteiger charge is -2.31. The van der Waals surface area contributed by atoms with Gasteiger partial charge in [0.05, 0.1) is 18.8 Å². The summed E-state index contributed by atoms with van der Waals surface area (Å²) in [6, 6.07) is 8.40. The van der Waals surface area contributed by atoms with Crippen LogP contribution in [0.1, 0.15) is 32.3 Å². The standard InChI is InChI=1S/C16H24BNO3/c1-12(2)21-16(19)18-9-7-15(8-10-18)20-11-13-3-5-14(17)6-4-13/h3-6,12,15H,7-11,17H2,1-2H3. The van der Waals surface area contributed by atoms with Crippen LogP contribution in [-0.2, 0) is 16.1 Å². The maximum atomic E-state index is 11.8. The summed E-state index contributed by atoms with van der Waals surface area (Å²) >= 11 is 0. The van der Waals surface area contributed by atoms with Crippen LogP contribution in [0, 0.1) is 0 Å². The molecule has 0 unspecified atom stereocenters. The van der Waals surface area contributed by atoms with Gasteiger partial charge in [-0.25, -0.2) is 4.79 Å². The number of benzene rings is 1. The van der Waals surface area contributed by atoms with Crippen molar-refractivity contribution in [2.45, 2.75) is 45.5 Å². The first-order valence-corrected chi connectivity index (χ1v) is 7.67. The first-order chi connectivity index (χ1) is 10.0. The fourth-order valence-electron chi connectivity index (χ4n) is 2.38. The molecule has 1 aromatic rings. The summed E-state index contributed by atoms with van der Waals surface area (Å²) in [7, 11) is 2.08. The second kappa shape index (κ2) is 7.50. The summed E-state index contributed by atoms with van der Waals surface area (Å²) in [6.07, 6.45) is 1.71. The van der Waals surface area contributed by atoms with Crippen LogP contribution in [0.2, 0.25) is 0 Å². The van der Waals surface area contributed by atoms with Crippen molar-refractivity contribution in [3.05, 3.63) is 29.8 Å². The predicted octanol–water partition coefficient (Wildman–Crippen LogP) is 1.47. The Balaban J connectivity index is 1.71. The van der Waals surface area contributed by atoms with E-state index in [1.807, 2.05) is 13.8 Å². The molecule has 1 heterocycles. The average molecular weight is 289 g/mol. The van der Waals surface area contributed by atoms with E-state index >= 15 is 0 Å². The number of hydrogen-bond donors (Lipinski definition) is 0. The molecule has 1 fully saturated rings. The maximum Gasteiger partial charge on any atom is 0.410 e. The molecule has 21 heavy (non-hydrogen) atoms. The van der Waals surface area contributed by atoms with Gasteiger partial charge in [-0.15, -0.1) is 0 Å². The van der Waals surface area contributed by atoms with Crippen molar-refractivity contribution in [1.29, 1.82) is 0 Å². The van der Waals surface area contributed by atoms with Crippen molar-refractivity contribution >= 4 is 19.4 Å². The number of likely N-dealkylation sites (tertiary alicyclic amines) is 1. The molecule has 1 aromatic carbocycles. The lowest BCUT2D eigenvalue weighted by atomic mass is 9.95. The minimum Gasteiger partial charge on any atom is -0.447 e. The molecule has 0 bridgehead atoms. The Morgan fingerprint density at radius 2 is 1.90 bits per heavy atom. The normalized spacial score (nSPS) is 16.2. The van der Waals surface area contributed by atoms with Crippen LogP contribution < -0.4 is 5.46 Å². The summed E-state index contributed by atoms with van der Waals surface area (Å²) in [5.41, 5.74) is 2.46. The molecule has 0 radical (unpaired) electrons. The van der Waals surface area contributed by atoms with Crippen LogP contribution >= 0.6 is 0 Å². The maximum absolute atomic E-state index is 11.8. The Morgan fingerprint density at radius 1 is 1.29 bits per heavy atom. The highest BCUT2D eigenvalue weighted by Crippen LogP contribution is 2.16. The molecule has 0 saturated carbocycles. The zero-order chi connectivity index (χ0) is 15.2. The number of carbonyl (C=O) groups excluding carboxylic acids is 1. The highest BCUT2D eigenvalue weighted by atomic mass is 16.6. The molecular weight excluding hydrogens is 265 g/mol. The third-order valence-electron chi connectivity index (χ3n) is 3.64. The second-order valence-electron chi connectivity index (χ2n) is 5.92. The van der Waals surface area contributed by atoms with E-state index in [9.17, 15) is 4.79 Å². The van der Waals surface area contributed by atoms with E-state index in [4.69, 9.17) is 9.47 Å². The highest BCUT2D eigenvalue weighted by molar-refractivity contribution is 6.32. The van der Waals surface area contributed by atoms with Gasteiger partial charge in [0, 0.05) is 13.1 Å². The second-order valence-corrected chi connectivity index (χ2v) is 5.92. The van der Waals surface area contributed by atoms with Crippen molar-refractivity contribution < 1.29 is 14.3 Å². The molecule has 0 atom stereocenters. The van der Waals surface area contributed by atoms with Crippen LogP contribution in [0.3, 0.4) is 0 Å². The zero-order valence-electron chi connectivity index (χ0n) is 13.2. The third kappa shape index (κ3) is 5.08. The monoisotopic (exact) mass is 289 g/mol. The van der Waals surface area contributed by atoms with Crippen LogP contribution in [0.5, 0.6) is 0 Å². The Labute approximate surface area is 127 Å². The summed E-state index contributed by atoms with van der Waals surface area (Å²) in [5.74, 6) is 0. The van der Waals surface area contributed by atoms with Crippen LogP contribution in [0.25, 0.3) is 0 Å². The Bertz CT molecular complexity index is 453. The van der Waals surface area contributed by atoms with Gasteiger partial charge in [-0.05, 0) is 32.3 Å². The van der Waals surface area contributed by atoms with Gasteiger partial charge in [-0.1, -0.05) is 29.7 Å². The Morgan fingerprint density at radius 3 is 2.48 bits per heavy atom. The third-order valence-corrected chi connectivity index (χ3v) is 3.64. The molecular formula is C16H24BNO3. The van der Waals surface area contributed by atoms with E-state index in [1.165, 1.54) is 11.0 Å². The van der Waals surface area contributed by atoms with Gasteiger partial charge in [0.25, 0.3) is 0 Å². The minimum absolute atomic E-state index is 0.0620. The van der Waals surface area contributed by atoms with Crippen molar-refractivity contribution in [2.75, 3.05) is 13.1 Å². The van der Waals surface area contributed by atoms with Gasteiger partial charge in [-0.2, -0.15) is 0 Å². The lowest BCUT2D eigenvalue weighted by Crippen LogP contribution is -2.41. The molecule has 0 spiro atoms. The molecule has 0 aliphatic carbocycles. The number of carbonyl (C=O) groups is 1. The van der Waals surface area contributed by atoms with Gasteiger partial charge in [0.2, 0.25) is 0 Å². The summed E-state index contributed by atoms with van der Waals surface area (Å²) in [6.45, 7) is 5.81. The van der Waals surface area contributed by atoms with Gasteiger partial charge in [0.15, 0.2) is 0 Å². The molecule has 0 N–H and O–H groups in total. The number of rotatable bonds is 4. The molecule has 4 nitrogen and oxygen atoms in total. The van der Waals surface area contributed by atoms with Gasteiger partial charge < -0.3 is 14.4 Å². The smallest absolute Gasteiger partial charge is 0.410 e. The topological polar surface area (TPSA) is 38.8 Å². The van der Waals surface area contributed by atoms with Gasteiger partial charge >= 0.3 is 6.09 Å². The molecule has 2 rings (SSSR count). The van der Waals surface area contributed by atoms with Crippen molar-refractivity contribution in [3.8, 4) is 0 Å². The fraction of sp³-hybridized carbons (Fsp3) is 0.562. The summed E-state index contributed by atoms with van der Waals surface area (Å²) in [5, 5.41) is 0. The lowest BCUT2D eigenvalue weighted by molar-refractivity contribution is -0.00615. The molecule has 1 saturated heterocycles. The number of hydrogen-bond acceptors (Lipinski definition) is 3. The van der Waals surface area contributed by atoms with E-state index < -0.39 is 0 Å². The molecule has 1 aliphatic heterocycles. The highest BCUT2D eigenvalue weighted by Gasteiger charge is 2.24. The van der Waals surface area contributed by atoms with Crippen LogP contribution in [0.4, 0.5) is 4.79 Å².